The molecule has 17 heavy (non-hydrogen) atoms. The van der Waals surface area contributed by atoms with E-state index in [9.17, 15) is 5.11 Å². The molecule has 2 unspecified atom stereocenters. The lowest BCUT2D eigenvalue weighted by Crippen LogP contribution is -2.40. The minimum absolute atomic E-state index is 0.309. The summed E-state index contributed by atoms with van der Waals surface area (Å²) in [6.07, 6.45) is 4.89. The molecule has 1 aromatic rings. The Kier molecular flexibility index (Phi) is 2.72. The number of rotatable bonds is 2. The second kappa shape index (κ2) is 4.11. The highest BCUT2D eigenvalue weighted by molar-refractivity contribution is 5.28. The Morgan fingerprint density at radius 2 is 1.76 bits per heavy atom. The molecule has 0 amide bonds. The monoisotopic (exact) mass is 231 g/mol. The third-order valence-electron chi connectivity index (χ3n) is 4.60. The van der Waals surface area contributed by atoms with E-state index in [2.05, 4.69) is 30.3 Å². The molecule has 0 aromatic heterocycles. The number of hydrogen-bond donors (Lipinski definition) is 2. The second-order valence-electron chi connectivity index (χ2n) is 5.80. The molecule has 2 saturated carbocycles. The highest BCUT2D eigenvalue weighted by atomic mass is 16.3. The van der Waals surface area contributed by atoms with Gasteiger partial charge in [0.1, 0.15) is 0 Å². The fourth-order valence-corrected chi connectivity index (χ4v) is 3.37. The van der Waals surface area contributed by atoms with Crippen LogP contribution in [0.2, 0.25) is 0 Å². The molecule has 2 atom stereocenters. The van der Waals surface area contributed by atoms with Crippen molar-refractivity contribution < 1.29 is 5.11 Å². The average Bonchev–Trinajstić information content (AvgIpc) is 3.15. The lowest BCUT2D eigenvalue weighted by Gasteiger charge is -2.35. The molecule has 0 saturated heterocycles. The maximum absolute atomic E-state index is 10.7. The van der Waals surface area contributed by atoms with Crippen molar-refractivity contribution in [3.63, 3.8) is 0 Å². The van der Waals surface area contributed by atoms with Crippen molar-refractivity contribution in [1.82, 2.24) is 0 Å². The van der Waals surface area contributed by atoms with Crippen molar-refractivity contribution in [1.29, 1.82) is 0 Å². The smallest absolute Gasteiger partial charge is 0.0683 e. The highest BCUT2D eigenvalue weighted by Crippen LogP contribution is 2.56. The normalized spacial score (nSPS) is 41.2. The Morgan fingerprint density at radius 3 is 2.41 bits per heavy atom. The molecule has 2 heteroatoms. The lowest BCUT2D eigenvalue weighted by atomic mass is 9.78. The van der Waals surface area contributed by atoms with Gasteiger partial charge in [0.2, 0.25) is 0 Å². The van der Waals surface area contributed by atoms with Crippen LogP contribution in [0.15, 0.2) is 30.3 Å². The molecule has 0 radical (unpaired) electrons. The van der Waals surface area contributed by atoms with Gasteiger partial charge in [-0.25, -0.2) is 0 Å². The van der Waals surface area contributed by atoms with Crippen LogP contribution in [0.4, 0.5) is 0 Å². The summed E-state index contributed by atoms with van der Waals surface area (Å²) in [4.78, 5) is 0. The van der Waals surface area contributed by atoms with E-state index >= 15 is 0 Å². The Hall–Kier alpha value is -0.860. The maximum atomic E-state index is 10.7. The topological polar surface area (TPSA) is 46.2 Å². The molecule has 0 aliphatic heterocycles. The SMILES string of the molecule is NC1CCC(O)(C2CC2c2ccccc2)CC1. The molecule has 0 heterocycles. The lowest BCUT2D eigenvalue weighted by molar-refractivity contribution is -0.0223. The van der Waals surface area contributed by atoms with Crippen molar-refractivity contribution in [3.8, 4) is 0 Å². The van der Waals surface area contributed by atoms with E-state index in [1.54, 1.807) is 0 Å². The van der Waals surface area contributed by atoms with Crippen molar-refractivity contribution in [2.45, 2.75) is 49.7 Å². The molecule has 2 fully saturated rings. The van der Waals surface area contributed by atoms with Crippen LogP contribution >= 0.6 is 0 Å². The van der Waals surface area contributed by atoms with Crippen LogP contribution in [0.5, 0.6) is 0 Å². The largest absolute Gasteiger partial charge is 0.390 e. The zero-order valence-corrected chi connectivity index (χ0v) is 10.2. The Bertz CT molecular complexity index is 381. The molecule has 3 rings (SSSR count). The molecule has 3 N–H and O–H groups in total. The first-order valence-corrected chi connectivity index (χ1v) is 6.72. The minimum atomic E-state index is -0.434. The van der Waals surface area contributed by atoms with E-state index in [4.69, 9.17) is 5.73 Å². The zero-order valence-electron chi connectivity index (χ0n) is 10.2. The molecule has 2 aliphatic rings. The fourth-order valence-electron chi connectivity index (χ4n) is 3.37. The van der Waals surface area contributed by atoms with Crippen LogP contribution in [0.25, 0.3) is 0 Å². The summed E-state index contributed by atoms with van der Waals surface area (Å²) in [5.41, 5.74) is 6.87. The maximum Gasteiger partial charge on any atom is 0.0683 e. The Morgan fingerprint density at radius 1 is 1.12 bits per heavy atom. The van der Waals surface area contributed by atoms with Gasteiger partial charge in [0, 0.05) is 6.04 Å². The van der Waals surface area contributed by atoms with Crippen LogP contribution in [-0.2, 0) is 0 Å². The Labute approximate surface area is 103 Å². The van der Waals surface area contributed by atoms with Gasteiger partial charge in [-0.1, -0.05) is 30.3 Å². The Balaban J connectivity index is 1.68. The van der Waals surface area contributed by atoms with Crippen LogP contribution in [-0.4, -0.2) is 16.7 Å². The molecule has 0 bridgehead atoms. The standard InChI is InChI=1S/C15H21NO/c16-12-6-8-15(17,9-7-12)14-10-13(14)11-4-2-1-3-5-11/h1-5,12-14,17H,6-10,16H2. The van der Waals surface area contributed by atoms with Gasteiger partial charge in [-0.15, -0.1) is 0 Å². The molecule has 92 valence electrons. The second-order valence-corrected chi connectivity index (χ2v) is 5.80. The quantitative estimate of drug-likeness (QED) is 0.821. The molecule has 2 aliphatic carbocycles. The summed E-state index contributed by atoms with van der Waals surface area (Å²) in [5.74, 6) is 1.05. The summed E-state index contributed by atoms with van der Waals surface area (Å²) in [6, 6.07) is 10.9. The van der Waals surface area contributed by atoms with Gasteiger partial charge in [-0.3, -0.25) is 0 Å². The number of nitrogens with two attached hydrogens (primary N) is 1. The van der Waals surface area contributed by atoms with Gasteiger partial charge in [0.15, 0.2) is 0 Å². The summed E-state index contributed by atoms with van der Waals surface area (Å²) in [5, 5.41) is 10.7. The van der Waals surface area contributed by atoms with Crippen LogP contribution in [0.1, 0.15) is 43.6 Å². The van der Waals surface area contributed by atoms with Crippen LogP contribution < -0.4 is 5.73 Å². The number of hydrogen-bond acceptors (Lipinski definition) is 2. The number of aliphatic hydroxyl groups is 1. The first-order valence-electron chi connectivity index (χ1n) is 6.72. The van der Waals surface area contributed by atoms with Gasteiger partial charge in [0.25, 0.3) is 0 Å². The molecule has 1 aromatic carbocycles. The predicted molar refractivity (Wildman–Crippen MR) is 68.7 cm³/mol. The predicted octanol–water partition coefficient (Wildman–Crippen LogP) is 2.42. The van der Waals surface area contributed by atoms with E-state index in [1.807, 2.05) is 0 Å². The van der Waals surface area contributed by atoms with Gasteiger partial charge in [-0.2, -0.15) is 0 Å². The average molecular weight is 231 g/mol. The highest BCUT2D eigenvalue weighted by Gasteiger charge is 2.52. The summed E-state index contributed by atoms with van der Waals surface area (Å²) in [6.45, 7) is 0. The zero-order chi connectivity index (χ0) is 11.9. The van der Waals surface area contributed by atoms with E-state index in [0.717, 1.165) is 32.1 Å². The van der Waals surface area contributed by atoms with Crippen molar-refractivity contribution >= 4 is 0 Å². The molecular formula is C15H21NO. The third kappa shape index (κ3) is 2.12. The summed E-state index contributed by atoms with van der Waals surface area (Å²) >= 11 is 0. The fraction of sp³-hybridized carbons (Fsp3) is 0.600. The molecular weight excluding hydrogens is 210 g/mol. The third-order valence-corrected chi connectivity index (χ3v) is 4.60. The summed E-state index contributed by atoms with van der Waals surface area (Å²) in [7, 11) is 0. The van der Waals surface area contributed by atoms with Gasteiger partial charge < -0.3 is 10.8 Å². The van der Waals surface area contributed by atoms with Gasteiger partial charge in [0.05, 0.1) is 5.60 Å². The van der Waals surface area contributed by atoms with Crippen LogP contribution in [0, 0.1) is 5.92 Å². The molecule has 0 spiro atoms. The van der Waals surface area contributed by atoms with E-state index in [-0.39, 0.29) is 0 Å². The number of benzene rings is 1. The first-order chi connectivity index (χ1) is 8.19. The van der Waals surface area contributed by atoms with E-state index in [1.165, 1.54) is 5.56 Å². The van der Waals surface area contributed by atoms with Crippen molar-refractivity contribution in [3.05, 3.63) is 35.9 Å². The first kappa shape index (κ1) is 11.2. The van der Waals surface area contributed by atoms with Crippen LogP contribution in [0.3, 0.4) is 0 Å². The van der Waals surface area contributed by atoms with Crippen molar-refractivity contribution in [2.24, 2.45) is 11.7 Å². The van der Waals surface area contributed by atoms with E-state index in [0.29, 0.717) is 17.9 Å². The van der Waals surface area contributed by atoms with Gasteiger partial charge >= 0.3 is 0 Å². The summed E-state index contributed by atoms with van der Waals surface area (Å²) < 4.78 is 0. The van der Waals surface area contributed by atoms with E-state index < -0.39 is 5.60 Å². The van der Waals surface area contributed by atoms with Crippen molar-refractivity contribution in [2.75, 3.05) is 0 Å². The molecule has 2 nitrogen and oxygen atoms in total. The van der Waals surface area contributed by atoms with Gasteiger partial charge in [-0.05, 0) is 49.5 Å². The minimum Gasteiger partial charge on any atom is -0.390 e.